The zero-order valence-electron chi connectivity index (χ0n) is 10.6. The number of pyridine rings is 2. The van der Waals surface area contributed by atoms with Gasteiger partial charge < -0.3 is 0 Å². The predicted octanol–water partition coefficient (Wildman–Crippen LogP) is 3.04. The lowest BCUT2D eigenvalue weighted by Crippen LogP contribution is -1.97. The highest BCUT2D eigenvalue weighted by molar-refractivity contribution is 9.10. The first-order valence-electron chi connectivity index (χ1n) is 5.96. The van der Waals surface area contributed by atoms with Crippen LogP contribution in [-0.2, 0) is 0 Å². The van der Waals surface area contributed by atoms with Gasteiger partial charge in [-0.05, 0) is 34.1 Å². The molecule has 3 aromatic rings. The highest BCUT2D eigenvalue weighted by Crippen LogP contribution is 2.26. The molecule has 5 nitrogen and oxygen atoms in total. The van der Waals surface area contributed by atoms with Crippen LogP contribution in [0.15, 0.2) is 47.5 Å². The highest BCUT2D eigenvalue weighted by atomic mass is 79.9. The number of carbonyl (C=O) groups excluding carboxylic acids is 1. The number of hydrogen-bond donors (Lipinski definition) is 0. The van der Waals surface area contributed by atoms with Gasteiger partial charge in [-0.2, -0.15) is 5.10 Å². The summed E-state index contributed by atoms with van der Waals surface area (Å²) in [6.07, 6.45) is 4.84. The molecule has 21 heavy (non-hydrogen) atoms. The van der Waals surface area contributed by atoms with Crippen molar-refractivity contribution in [3.63, 3.8) is 0 Å². The van der Waals surface area contributed by atoms with E-state index in [2.05, 4.69) is 31.0 Å². The molecule has 0 radical (unpaired) electrons. The second-order valence-corrected chi connectivity index (χ2v) is 4.98. The maximum absolute atomic E-state index is 13.9. The molecule has 0 amide bonds. The molecular weight excluding hydrogens is 339 g/mol. The van der Waals surface area contributed by atoms with Crippen molar-refractivity contribution in [3.8, 4) is 17.1 Å². The third kappa shape index (κ3) is 2.59. The highest BCUT2D eigenvalue weighted by Gasteiger charge is 2.16. The van der Waals surface area contributed by atoms with Crippen LogP contribution >= 0.6 is 15.9 Å². The van der Waals surface area contributed by atoms with E-state index in [1.807, 2.05) is 0 Å². The van der Waals surface area contributed by atoms with Crippen molar-refractivity contribution >= 4 is 22.2 Å². The Hall–Kier alpha value is -2.41. The Kier molecular flexibility index (Phi) is 3.57. The zero-order chi connectivity index (χ0) is 14.8. The molecule has 0 aromatic carbocycles. The van der Waals surface area contributed by atoms with Crippen LogP contribution in [0.3, 0.4) is 0 Å². The number of carbonyl (C=O) groups is 1. The summed E-state index contributed by atoms with van der Waals surface area (Å²) in [6, 6.07) is 6.79. The largest absolute Gasteiger partial charge is 0.298 e. The second kappa shape index (κ2) is 5.53. The number of rotatable bonds is 3. The van der Waals surface area contributed by atoms with Gasteiger partial charge in [0.1, 0.15) is 10.3 Å². The van der Waals surface area contributed by atoms with E-state index in [1.54, 1.807) is 24.4 Å². The maximum atomic E-state index is 13.9. The Morgan fingerprint density at radius 1 is 1.29 bits per heavy atom. The first-order valence-corrected chi connectivity index (χ1v) is 6.76. The van der Waals surface area contributed by atoms with Crippen LogP contribution in [-0.4, -0.2) is 26.0 Å². The third-order valence-electron chi connectivity index (χ3n) is 2.83. The normalized spacial score (nSPS) is 10.6. The molecule has 0 N–H and O–H groups in total. The average Bonchev–Trinajstić information content (AvgIpc) is 2.94. The van der Waals surface area contributed by atoms with Gasteiger partial charge in [0.05, 0.1) is 11.8 Å². The summed E-state index contributed by atoms with van der Waals surface area (Å²) < 4.78 is 15.8. The van der Waals surface area contributed by atoms with E-state index in [-0.39, 0.29) is 16.8 Å². The molecule has 0 spiro atoms. The van der Waals surface area contributed by atoms with Crippen molar-refractivity contribution in [1.29, 1.82) is 0 Å². The summed E-state index contributed by atoms with van der Waals surface area (Å²) in [4.78, 5) is 19.2. The molecule has 0 saturated heterocycles. The van der Waals surface area contributed by atoms with Crippen molar-refractivity contribution in [3.05, 3.63) is 58.8 Å². The van der Waals surface area contributed by atoms with E-state index < -0.39 is 5.82 Å². The molecule has 7 heteroatoms. The topological polar surface area (TPSA) is 60.7 Å². The van der Waals surface area contributed by atoms with E-state index in [9.17, 15) is 9.18 Å². The summed E-state index contributed by atoms with van der Waals surface area (Å²) in [6.45, 7) is 0. The van der Waals surface area contributed by atoms with E-state index in [0.717, 1.165) is 6.20 Å². The Morgan fingerprint density at radius 2 is 2.14 bits per heavy atom. The first kappa shape index (κ1) is 13.6. The van der Waals surface area contributed by atoms with Crippen LogP contribution in [0.2, 0.25) is 0 Å². The molecule has 0 atom stereocenters. The minimum Gasteiger partial charge on any atom is -0.298 e. The summed E-state index contributed by atoms with van der Waals surface area (Å²) in [5, 5.41) is 4.26. The Labute approximate surface area is 127 Å². The minimum absolute atomic E-state index is 0.202. The molecule has 3 rings (SSSR count). The van der Waals surface area contributed by atoms with Gasteiger partial charge in [-0.3, -0.25) is 4.79 Å². The summed E-state index contributed by atoms with van der Waals surface area (Å²) in [5.41, 5.74) is 0.725. The fourth-order valence-corrected chi connectivity index (χ4v) is 2.22. The van der Waals surface area contributed by atoms with E-state index in [4.69, 9.17) is 0 Å². The second-order valence-electron chi connectivity index (χ2n) is 4.17. The average molecular weight is 347 g/mol. The SMILES string of the molecule is O=Cc1cn(-c2ccccn2)nc1-c1cc(Br)ncc1F. The molecule has 0 saturated carbocycles. The van der Waals surface area contributed by atoms with Gasteiger partial charge in [0.2, 0.25) is 0 Å². The zero-order valence-corrected chi connectivity index (χ0v) is 12.2. The number of halogens is 2. The van der Waals surface area contributed by atoms with Crippen LogP contribution in [0.4, 0.5) is 4.39 Å². The minimum atomic E-state index is -0.549. The van der Waals surface area contributed by atoms with E-state index in [0.29, 0.717) is 16.7 Å². The van der Waals surface area contributed by atoms with Crippen molar-refractivity contribution in [1.82, 2.24) is 19.7 Å². The summed E-state index contributed by atoms with van der Waals surface area (Å²) in [5.74, 6) is -0.00653. The Balaban J connectivity index is 2.17. The fraction of sp³-hybridized carbons (Fsp3) is 0. The van der Waals surface area contributed by atoms with Gasteiger partial charge >= 0.3 is 0 Å². The standard InChI is InChI=1S/C14H8BrFN4O/c15-12-5-10(11(16)6-18-12)14-9(8-21)7-20(19-14)13-3-1-2-4-17-13/h1-8H. The molecule has 0 unspecified atom stereocenters. The number of aldehydes is 1. The number of aromatic nitrogens is 4. The van der Waals surface area contributed by atoms with Gasteiger partial charge in [0, 0.05) is 18.0 Å². The monoisotopic (exact) mass is 346 g/mol. The molecule has 0 fully saturated rings. The molecule has 0 aliphatic heterocycles. The quantitative estimate of drug-likeness (QED) is 0.540. The molecule has 0 aliphatic carbocycles. The van der Waals surface area contributed by atoms with E-state index in [1.165, 1.54) is 16.9 Å². The lowest BCUT2D eigenvalue weighted by Gasteiger charge is -2.01. The van der Waals surface area contributed by atoms with Crippen molar-refractivity contribution < 1.29 is 9.18 Å². The first-order chi connectivity index (χ1) is 10.2. The Bertz CT molecular complexity index is 804. The molecule has 0 bridgehead atoms. The van der Waals surface area contributed by atoms with Crippen LogP contribution in [0.5, 0.6) is 0 Å². The number of nitrogens with zero attached hydrogens (tertiary/aromatic N) is 4. The molecular formula is C14H8BrFN4O. The van der Waals surface area contributed by atoms with Crippen LogP contribution in [0.1, 0.15) is 10.4 Å². The van der Waals surface area contributed by atoms with Crippen molar-refractivity contribution in [2.24, 2.45) is 0 Å². The number of hydrogen-bond acceptors (Lipinski definition) is 4. The van der Waals surface area contributed by atoms with Crippen LogP contribution in [0, 0.1) is 5.82 Å². The molecule has 104 valence electrons. The smallest absolute Gasteiger partial charge is 0.153 e. The van der Waals surface area contributed by atoms with Gasteiger partial charge in [0.15, 0.2) is 17.9 Å². The summed E-state index contributed by atoms with van der Waals surface area (Å²) in [7, 11) is 0. The lowest BCUT2D eigenvalue weighted by atomic mass is 10.1. The van der Waals surface area contributed by atoms with Crippen molar-refractivity contribution in [2.75, 3.05) is 0 Å². The molecule has 3 heterocycles. The third-order valence-corrected chi connectivity index (χ3v) is 3.26. The van der Waals surface area contributed by atoms with Crippen LogP contribution < -0.4 is 0 Å². The van der Waals surface area contributed by atoms with Gasteiger partial charge in [-0.25, -0.2) is 19.0 Å². The molecule has 3 aromatic heterocycles. The van der Waals surface area contributed by atoms with Crippen molar-refractivity contribution in [2.45, 2.75) is 0 Å². The van der Waals surface area contributed by atoms with Gasteiger partial charge in [-0.15, -0.1) is 0 Å². The maximum Gasteiger partial charge on any atom is 0.153 e. The van der Waals surface area contributed by atoms with Crippen LogP contribution in [0.25, 0.3) is 17.1 Å². The lowest BCUT2D eigenvalue weighted by molar-refractivity contribution is 0.112. The van der Waals surface area contributed by atoms with Gasteiger partial charge in [-0.1, -0.05) is 6.07 Å². The van der Waals surface area contributed by atoms with E-state index >= 15 is 0 Å². The van der Waals surface area contributed by atoms with Gasteiger partial charge in [0.25, 0.3) is 0 Å². The Morgan fingerprint density at radius 3 is 2.86 bits per heavy atom. The fourth-order valence-electron chi connectivity index (χ4n) is 1.88. The predicted molar refractivity (Wildman–Crippen MR) is 77.6 cm³/mol. The molecule has 0 aliphatic rings. The summed E-state index contributed by atoms with van der Waals surface area (Å²) >= 11 is 3.18.